The largest absolute Gasteiger partial charge is 0.476 e. The average Bonchev–Trinajstić information content (AvgIpc) is 3.23. The van der Waals surface area contributed by atoms with E-state index in [-0.39, 0.29) is 22.3 Å². The zero-order valence-electron chi connectivity index (χ0n) is 22.7. The molecule has 0 saturated heterocycles. The number of carbonyl (C=O) groups is 4. The smallest absolute Gasteiger partial charge is 0.414 e. The quantitative estimate of drug-likeness (QED) is 0.258. The number of aromatic carboxylic acids is 1. The van der Waals surface area contributed by atoms with Gasteiger partial charge in [0.05, 0.1) is 10.4 Å². The van der Waals surface area contributed by atoms with E-state index in [1.807, 2.05) is 0 Å². The molecule has 0 fully saturated rings. The van der Waals surface area contributed by atoms with Crippen molar-refractivity contribution in [1.29, 1.82) is 0 Å². The molecule has 2 aromatic rings. The zero-order valence-corrected chi connectivity index (χ0v) is 24.4. The van der Waals surface area contributed by atoms with Crippen LogP contribution < -0.4 is 15.4 Å². The number of aromatic nitrogens is 1. The van der Waals surface area contributed by atoms with Gasteiger partial charge in [0.1, 0.15) is 22.7 Å². The van der Waals surface area contributed by atoms with Gasteiger partial charge in [0, 0.05) is 6.42 Å². The number of aliphatic imine (C=N–C) groups is 1. The van der Waals surface area contributed by atoms with Gasteiger partial charge in [0.25, 0.3) is 10.0 Å². The number of carboxylic acid groups (broad SMARTS) is 1. The van der Waals surface area contributed by atoms with Gasteiger partial charge < -0.3 is 14.6 Å². The number of amides is 2. The van der Waals surface area contributed by atoms with Crippen LogP contribution in [0.4, 0.5) is 14.6 Å². The van der Waals surface area contributed by atoms with Crippen LogP contribution in [-0.2, 0) is 30.7 Å². The van der Waals surface area contributed by atoms with E-state index in [1.165, 1.54) is 29.8 Å². The molecule has 0 bridgehead atoms. The first-order valence-corrected chi connectivity index (χ1v) is 14.1. The molecule has 14 nitrogen and oxygen atoms in total. The van der Waals surface area contributed by atoms with Crippen molar-refractivity contribution in [2.45, 2.75) is 64.1 Å². The number of guanidine groups is 1. The van der Waals surface area contributed by atoms with Crippen molar-refractivity contribution in [1.82, 2.24) is 15.6 Å². The van der Waals surface area contributed by atoms with Crippen molar-refractivity contribution < 1.29 is 42.2 Å². The summed E-state index contributed by atoms with van der Waals surface area (Å²) in [5.74, 6) is -2.15. The second-order valence-electron chi connectivity index (χ2n) is 10.2. The van der Waals surface area contributed by atoms with Crippen molar-refractivity contribution in [3.8, 4) is 0 Å². The molecule has 4 N–H and O–H groups in total. The zero-order chi connectivity index (χ0) is 30.3. The fraction of sp³-hybridized carbons (Fsp3) is 0.417. The number of ether oxygens (including phenoxy) is 2. The Kier molecular flexibility index (Phi) is 10.3. The van der Waals surface area contributed by atoms with Crippen LogP contribution in [-0.4, -0.2) is 66.2 Å². The molecule has 0 aliphatic heterocycles. The van der Waals surface area contributed by atoms with Gasteiger partial charge in [0.15, 0.2) is 11.5 Å². The van der Waals surface area contributed by atoms with E-state index in [2.05, 4.69) is 25.3 Å². The van der Waals surface area contributed by atoms with E-state index in [9.17, 15) is 27.6 Å². The monoisotopic (exact) mass is 597 g/mol. The number of benzene rings is 1. The summed E-state index contributed by atoms with van der Waals surface area (Å²) in [5, 5.41) is 13.5. The SMILES string of the molecule is CC(C)(C)OC(=O)NC(=NCC(=O)Cc1ccc(S(=O)(=O)Nc2scnc2C(=O)O)cc1)NC(=O)OC(C)(C)C. The van der Waals surface area contributed by atoms with Crippen LogP contribution >= 0.6 is 11.3 Å². The topological polar surface area (TPSA) is 202 Å². The maximum Gasteiger partial charge on any atom is 0.414 e. The first-order valence-electron chi connectivity index (χ1n) is 11.7. The standard InChI is InChI=1S/C24H31N5O9S2/c1-23(2,3)37-21(33)27-20(28-22(34)38-24(4,5)6)25-12-15(30)11-14-7-9-16(10-8-14)40(35,36)29-18-17(19(31)32)26-13-39-18/h7-10,13,29H,11-12H2,1-6H3,(H,31,32)(H2,25,27,28,33,34). The number of ketones is 1. The first kappa shape index (κ1) is 32.2. The van der Waals surface area contributed by atoms with Gasteiger partial charge in [-0.2, -0.15) is 0 Å². The number of hydrogen-bond acceptors (Lipinski definition) is 11. The van der Waals surface area contributed by atoms with Crippen molar-refractivity contribution in [3.63, 3.8) is 0 Å². The molecule has 1 heterocycles. The number of anilines is 1. The molecule has 1 aromatic carbocycles. The number of nitrogens with one attached hydrogen (secondary N) is 3. The maximum absolute atomic E-state index is 12.6. The maximum atomic E-state index is 12.6. The molecular weight excluding hydrogens is 566 g/mol. The molecule has 16 heteroatoms. The summed E-state index contributed by atoms with van der Waals surface area (Å²) >= 11 is 0.823. The number of Topliss-reactive ketones (excluding diaryl/α,β-unsaturated/α-hetero) is 1. The van der Waals surface area contributed by atoms with E-state index in [0.717, 1.165) is 11.3 Å². The summed E-state index contributed by atoms with van der Waals surface area (Å²) in [6, 6.07) is 5.35. The van der Waals surface area contributed by atoms with E-state index >= 15 is 0 Å². The molecule has 0 radical (unpaired) electrons. The summed E-state index contributed by atoms with van der Waals surface area (Å²) < 4.78 is 37.8. The van der Waals surface area contributed by atoms with Crippen LogP contribution in [0.1, 0.15) is 57.6 Å². The number of carbonyl (C=O) groups excluding carboxylic acids is 3. The summed E-state index contributed by atoms with van der Waals surface area (Å²) in [5.41, 5.74) is -0.407. The van der Waals surface area contributed by atoms with E-state index in [1.54, 1.807) is 41.5 Å². The van der Waals surface area contributed by atoms with Crippen LogP contribution in [0.2, 0.25) is 0 Å². The van der Waals surface area contributed by atoms with Crippen molar-refractivity contribution in [2.24, 2.45) is 4.99 Å². The molecule has 0 unspecified atom stereocenters. The lowest BCUT2D eigenvalue weighted by atomic mass is 10.1. The molecular formula is C24H31N5O9S2. The summed E-state index contributed by atoms with van der Waals surface area (Å²) in [4.78, 5) is 55.5. The number of alkyl carbamates (subject to hydrolysis) is 2. The Morgan fingerprint density at radius 3 is 1.95 bits per heavy atom. The summed E-state index contributed by atoms with van der Waals surface area (Å²) in [6.07, 6.45) is -1.95. The highest BCUT2D eigenvalue weighted by Crippen LogP contribution is 2.24. The Bertz CT molecular complexity index is 1350. The molecule has 218 valence electrons. The minimum atomic E-state index is -4.11. The fourth-order valence-electron chi connectivity index (χ4n) is 2.80. The third-order valence-corrected chi connectivity index (χ3v) is 6.52. The minimum Gasteiger partial charge on any atom is -0.476 e. The lowest BCUT2D eigenvalue weighted by Crippen LogP contribution is -2.47. The predicted molar refractivity (Wildman–Crippen MR) is 146 cm³/mol. The fourth-order valence-corrected chi connectivity index (χ4v) is 4.79. The van der Waals surface area contributed by atoms with E-state index in [0.29, 0.717) is 5.56 Å². The van der Waals surface area contributed by atoms with Crippen molar-refractivity contribution >= 4 is 56.3 Å². The molecule has 0 aliphatic carbocycles. The van der Waals surface area contributed by atoms with Crippen molar-refractivity contribution in [3.05, 3.63) is 41.0 Å². The van der Waals surface area contributed by atoms with Gasteiger partial charge in [-0.25, -0.2) is 32.8 Å². The number of rotatable bonds is 8. The van der Waals surface area contributed by atoms with Crippen LogP contribution in [0, 0.1) is 0 Å². The second kappa shape index (κ2) is 12.9. The molecule has 2 amide bonds. The van der Waals surface area contributed by atoms with Crippen LogP contribution in [0.15, 0.2) is 39.7 Å². The molecule has 0 atom stereocenters. The average molecular weight is 598 g/mol. The number of sulfonamides is 1. The van der Waals surface area contributed by atoms with Gasteiger partial charge in [-0.05, 0) is 59.2 Å². The van der Waals surface area contributed by atoms with Gasteiger partial charge in [-0.3, -0.25) is 20.2 Å². The second-order valence-corrected chi connectivity index (χ2v) is 12.8. The highest BCUT2D eigenvalue weighted by molar-refractivity contribution is 7.93. The van der Waals surface area contributed by atoms with Crippen LogP contribution in [0.3, 0.4) is 0 Å². The Morgan fingerprint density at radius 2 is 1.48 bits per heavy atom. The molecule has 40 heavy (non-hydrogen) atoms. The van der Waals surface area contributed by atoms with Crippen LogP contribution in [0.5, 0.6) is 0 Å². The van der Waals surface area contributed by atoms with E-state index < -0.39 is 57.4 Å². The lowest BCUT2D eigenvalue weighted by molar-refractivity contribution is -0.117. The van der Waals surface area contributed by atoms with E-state index in [4.69, 9.17) is 14.6 Å². The summed E-state index contributed by atoms with van der Waals surface area (Å²) in [6.45, 7) is 9.44. The number of carboxylic acids is 1. The third-order valence-electron chi connectivity index (χ3n) is 4.28. The van der Waals surface area contributed by atoms with Crippen LogP contribution in [0.25, 0.3) is 0 Å². The number of nitrogens with zero attached hydrogens (tertiary/aromatic N) is 2. The highest BCUT2D eigenvalue weighted by atomic mass is 32.2. The first-order chi connectivity index (χ1) is 18.3. The third kappa shape index (κ3) is 11.0. The Balaban J connectivity index is 2.09. The Labute approximate surface area is 235 Å². The van der Waals surface area contributed by atoms with Gasteiger partial charge in [-0.1, -0.05) is 12.1 Å². The molecule has 2 rings (SSSR count). The Morgan fingerprint density at radius 1 is 0.950 bits per heavy atom. The van der Waals surface area contributed by atoms with Gasteiger partial charge >= 0.3 is 18.2 Å². The predicted octanol–water partition coefficient (Wildman–Crippen LogP) is 3.16. The highest BCUT2D eigenvalue weighted by Gasteiger charge is 2.23. The Hall–Kier alpha value is -4.05. The molecule has 0 aliphatic rings. The number of thiazole rings is 1. The summed E-state index contributed by atoms with van der Waals surface area (Å²) in [7, 11) is -4.11. The normalized spacial score (nSPS) is 11.7. The lowest BCUT2D eigenvalue weighted by Gasteiger charge is -2.22. The molecule has 1 aromatic heterocycles. The molecule has 0 spiro atoms. The molecule has 0 saturated carbocycles. The van der Waals surface area contributed by atoms with Gasteiger partial charge in [-0.15, -0.1) is 11.3 Å². The minimum absolute atomic E-state index is 0.137. The van der Waals surface area contributed by atoms with Crippen molar-refractivity contribution in [2.75, 3.05) is 11.3 Å². The van der Waals surface area contributed by atoms with Gasteiger partial charge in [0.2, 0.25) is 5.96 Å². The number of hydrogen-bond donors (Lipinski definition) is 4.